The number of hydrogen-bond acceptors (Lipinski definition) is 4. The molecule has 0 atom stereocenters. The number of anilines is 1. The molecule has 5 nitrogen and oxygen atoms in total. The van der Waals surface area contributed by atoms with Crippen molar-refractivity contribution >= 4 is 29.3 Å². The molecule has 29 heavy (non-hydrogen) atoms. The molecule has 2 N–H and O–H groups in total. The van der Waals surface area contributed by atoms with Crippen molar-refractivity contribution in [2.45, 2.75) is 18.0 Å². The highest BCUT2D eigenvalue weighted by Crippen LogP contribution is 2.31. The normalized spacial score (nSPS) is 12.6. The van der Waals surface area contributed by atoms with Gasteiger partial charge in [0.25, 0.3) is 5.91 Å². The van der Waals surface area contributed by atoms with Crippen molar-refractivity contribution in [3.05, 3.63) is 89.5 Å². The molecule has 0 unspecified atom stereocenters. The highest BCUT2D eigenvalue weighted by molar-refractivity contribution is 8.00. The molecule has 0 aliphatic carbocycles. The second-order valence-electron chi connectivity index (χ2n) is 6.65. The lowest BCUT2D eigenvalue weighted by atomic mass is 10.1. The van der Waals surface area contributed by atoms with Crippen LogP contribution < -0.4 is 15.4 Å². The van der Waals surface area contributed by atoms with Gasteiger partial charge in [-0.1, -0.05) is 42.5 Å². The van der Waals surface area contributed by atoms with Gasteiger partial charge in [0, 0.05) is 17.0 Å². The van der Waals surface area contributed by atoms with Crippen LogP contribution in [0, 0.1) is 0 Å². The Labute approximate surface area is 173 Å². The zero-order valence-corrected chi connectivity index (χ0v) is 16.5. The summed E-state index contributed by atoms with van der Waals surface area (Å²) >= 11 is 1.47. The Bertz CT molecular complexity index is 1040. The minimum atomic E-state index is -0.187. The van der Waals surface area contributed by atoms with E-state index in [0.29, 0.717) is 30.2 Å². The molecular weight excluding hydrogens is 384 g/mol. The summed E-state index contributed by atoms with van der Waals surface area (Å²) < 4.78 is 5.84. The van der Waals surface area contributed by atoms with Crippen molar-refractivity contribution < 1.29 is 14.3 Å². The van der Waals surface area contributed by atoms with Crippen LogP contribution in [-0.4, -0.2) is 17.6 Å². The monoisotopic (exact) mass is 404 g/mol. The summed E-state index contributed by atoms with van der Waals surface area (Å²) in [6.07, 6.45) is 0. The minimum Gasteiger partial charge on any atom is -0.489 e. The van der Waals surface area contributed by atoms with E-state index in [-0.39, 0.29) is 11.8 Å². The molecule has 0 bridgehead atoms. The van der Waals surface area contributed by atoms with Crippen molar-refractivity contribution in [2.75, 3.05) is 11.1 Å². The summed E-state index contributed by atoms with van der Waals surface area (Å²) in [5, 5.41) is 5.73. The number of amides is 2. The Morgan fingerprint density at radius 3 is 2.69 bits per heavy atom. The Morgan fingerprint density at radius 2 is 1.83 bits per heavy atom. The van der Waals surface area contributed by atoms with Crippen LogP contribution in [0.5, 0.6) is 5.75 Å². The Kier molecular flexibility index (Phi) is 5.81. The Morgan fingerprint density at radius 1 is 1.00 bits per heavy atom. The topological polar surface area (TPSA) is 67.4 Å². The molecule has 0 aromatic heterocycles. The van der Waals surface area contributed by atoms with Crippen LogP contribution in [0.4, 0.5) is 5.69 Å². The smallest absolute Gasteiger partial charge is 0.251 e. The second kappa shape index (κ2) is 8.84. The van der Waals surface area contributed by atoms with Crippen molar-refractivity contribution in [3.63, 3.8) is 0 Å². The van der Waals surface area contributed by atoms with E-state index < -0.39 is 0 Å². The van der Waals surface area contributed by atoms with Gasteiger partial charge >= 0.3 is 0 Å². The molecule has 146 valence electrons. The summed E-state index contributed by atoms with van der Waals surface area (Å²) in [6, 6.07) is 23.0. The Hall–Kier alpha value is -3.25. The Balaban J connectivity index is 1.36. The zero-order valence-electron chi connectivity index (χ0n) is 15.7. The van der Waals surface area contributed by atoms with Gasteiger partial charge in [0.2, 0.25) is 5.91 Å². The van der Waals surface area contributed by atoms with E-state index in [4.69, 9.17) is 4.74 Å². The van der Waals surface area contributed by atoms with E-state index in [2.05, 4.69) is 10.6 Å². The predicted octanol–water partition coefficient (Wildman–Crippen LogP) is 4.24. The van der Waals surface area contributed by atoms with Gasteiger partial charge in [-0.25, -0.2) is 0 Å². The molecule has 3 aromatic carbocycles. The lowest BCUT2D eigenvalue weighted by molar-refractivity contribution is -0.113. The maximum Gasteiger partial charge on any atom is 0.251 e. The third kappa shape index (κ3) is 4.97. The van der Waals surface area contributed by atoms with E-state index in [1.165, 1.54) is 11.8 Å². The lowest BCUT2D eigenvalue weighted by Crippen LogP contribution is -2.24. The predicted molar refractivity (Wildman–Crippen MR) is 114 cm³/mol. The molecule has 1 aliphatic rings. The van der Waals surface area contributed by atoms with Gasteiger partial charge in [0.05, 0.1) is 11.4 Å². The van der Waals surface area contributed by atoms with Gasteiger partial charge in [0.1, 0.15) is 12.4 Å². The van der Waals surface area contributed by atoms with Gasteiger partial charge in [-0.3, -0.25) is 9.59 Å². The third-order valence-corrected chi connectivity index (χ3v) is 5.55. The molecule has 0 radical (unpaired) electrons. The molecule has 0 saturated carbocycles. The fourth-order valence-electron chi connectivity index (χ4n) is 2.99. The maximum atomic E-state index is 12.5. The third-order valence-electron chi connectivity index (χ3n) is 4.47. The van der Waals surface area contributed by atoms with E-state index in [9.17, 15) is 9.59 Å². The van der Waals surface area contributed by atoms with Crippen molar-refractivity contribution in [3.8, 4) is 5.75 Å². The van der Waals surface area contributed by atoms with Gasteiger partial charge < -0.3 is 15.4 Å². The number of benzene rings is 3. The number of nitrogens with one attached hydrogen (secondary N) is 2. The first-order valence-electron chi connectivity index (χ1n) is 9.28. The molecule has 0 saturated heterocycles. The second-order valence-corrected chi connectivity index (χ2v) is 7.67. The van der Waals surface area contributed by atoms with Crippen molar-refractivity contribution in [1.82, 2.24) is 5.32 Å². The van der Waals surface area contributed by atoms with E-state index in [1.807, 2.05) is 60.7 Å². The van der Waals surface area contributed by atoms with Crippen molar-refractivity contribution in [1.29, 1.82) is 0 Å². The lowest BCUT2D eigenvalue weighted by Gasteiger charge is -2.17. The first-order valence-corrected chi connectivity index (χ1v) is 10.3. The molecule has 4 rings (SSSR count). The number of ether oxygens (including phenoxy) is 1. The summed E-state index contributed by atoms with van der Waals surface area (Å²) in [5.74, 6) is 0.927. The van der Waals surface area contributed by atoms with Gasteiger partial charge in [0.15, 0.2) is 0 Å². The first kappa shape index (κ1) is 19.1. The number of carbonyl (C=O) groups is 2. The fourth-order valence-corrected chi connectivity index (χ4v) is 3.78. The summed E-state index contributed by atoms with van der Waals surface area (Å²) in [7, 11) is 0. The summed E-state index contributed by atoms with van der Waals surface area (Å²) in [6.45, 7) is 0.884. The van der Waals surface area contributed by atoms with Crippen LogP contribution >= 0.6 is 11.8 Å². The molecule has 6 heteroatoms. The van der Waals surface area contributed by atoms with E-state index in [1.54, 1.807) is 12.1 Å². The minimum absolute atomic E-state index is 0.0487. The van der Waals surface area contributed by atoms with Gasteiger partial charge in [-0.05, 0) is 41.5 Å². The average Bonchev–Trinajstić information content (AvgIpc) is 2.76. The largest absolute Gasteiger partial charge is 0.489 e. The molecule has 0 spiro atoms. The van der Waals surface area contributed by atoms with Crippen molar-refractivity contribution in [2.24, 2.45) is 0 Å². The summed E-state index contributed by atoms with van der Waals surface area (Å²) in [5.41, 5.74) is 3.26. The molecule has 0 fully saturated rings. The molecular formula is C23H20N2O3S. The molecule has 3 aromatic rings. The number of thioether (sulfide) groups is 1. The maximum absolute atomic E-state index is 12.5. The summed E-state index contributed by atoms with van der Waals surface area (Å²) in [4.78, 5) is 25.0. The molecule has 1 heterocycles. The fraction of sp³-hybridized carbons (Fsp3) is 0.130. The quantitative estimate of drug-likeness (QED) is 0.645. The molecule has 2 amide bonds. The van der Waals surface area contributed by atoms with Gasteiger partial charge in [-0.15, -0.1) is 11.8 Å². The number of rotatable bonds is 6. The average molecular weight is 404 g/mol. The first-order chi connectivity index (χ1) is 14.2. The highest BCUT2D eigenvalue weighted by atomic mass is 32.2. The highest BCUT2D eigenvalue weighted by Gasteiger charge is 2.17. The standard InChI is InChI=1S/C23H20N2O3S/c26-22-15-29-21-10-9-18(12-20(21)25-22)23(27)24-13-17-7-4-8-19(11-17)28-14-16-5-2-1-3-6-16/h1-12H,13-15H2,(H,24,27)(H,25,26). The number of carbonyl (C=O) groups excluding carboxylic acids is 2. The number of hydrogen-bond donors (Lipinski definition) is 2. The van der Waals surface area contributed by atoms with Crippen LogP contribution in [0.25, 0.3) is 0 Å². The van der Waals surface area contributed by atoms with Crippen LogP contribution in [0.3, 0.4) is 0 Å². The zero-order chi connectivity index (χ0) is 20.1. The van der Waals surface area contributed by atoms with E-state index in [0.717, 1.165) is 21.8 Å². The van der Waals surface area contributed by atoms with Gasteiger partial charge in [-0.2, -0.15) is 0 Å². The van der Waals surface area contributed by atoms with Crippen LogP contribution in [-0.2, 0) is 17.9 Å². The van der Waals surface area contributed by atoms with Crippen LogP contribution in [0.15, 0.2) is 77.7 Å². The van der Waals surface area contributed by atoms with E-state index >= 15 is 0 Å². The van der Waals surface area contributed by atoms with Crippen LogP contribution in [0.1, 0.15) is 21.5 Å². The number of fused-ring (bicyclic) bond motifs is 1. The molecule has 1 aliphatic heterocycles. The SMILES string of the molecule is O=C1CSc2ccc(C(=O)NCc3cccc(OCc4ccccc4)c3)cc2N1. The van der Waals surface area contributed by atoms with Crippen LogP contribution in [0.2, 0.25) is 0 Å².